The fourth-order valence-electron chi connectivity index (χ4n) is 2.19. The minimum absolute atomic E-state index is 0.209. The van der Waals surface area contributed by atoms with Crippen LogP contribution in [-0.4, -0.2) is 19.2 Å². The van der Waals surface area contributed by atoms with Crippen molar-refractivity contribution in [3.8, 4) is 5.75 Å². The van der Waals surface area contributed by atoms with Crippen LogP contribution >= 0.6 is 0 Å². The van der Waals surface area contributed by atoms with E-state index in [1.54, 1.807) is 0 Å². The third-order valence-electron chi connectivity index (χ3n) is 3.52. The van der Waals surface area contributed by atoms with Gasteiger partial charge < -0.3 is 15.4 Å². The minimum atomic E-state index is 0.209. The van der Waals surface area contributed by atoms with Crippen molar-refractivity contribution in [2.75, 3.05) is 23.7 Å². The second-order valence-electron chi connectivity index (χ2n) is 5.84. The summed E-state index contributed by atoms with van der Waals surface area (Å²) in [5.41, 5.74) is 4.93. The van der Waals surface area contributed by atoms with Crippen molar-refractivity contribution in [3.05, 3.63) is 53.6 Å². The maximum atomic E-state index is 5.63. The quantitative estimate of drug-likeness (QED) is 0.732. The van der Waals surface area contributed by atoms with Crippen LogP contribution in [0.3, 0.4) is 0 Å². The Morgan fingerprint density at radius 1 is 0.818 bits per heavy atom. The maximum Gasteiger partial charge on any atom is 0.119 e. The van der Waals surface area contributed by atoms with Crippen LogP contribution in [0.1, 0.15) is 25.0 Å². The van der Waals surface area contributed by atoms with E-state index in [4.69, 9.17) is 4.74 Å². The molecule has 0 aromatic heterocycles. The number of benzene rings is 2. The van der Waals surface area contributed by atoms with E-state index in [1.807, 2.05) is 38.1 Å². The highest BCUT2D eigenvalue weighted by Gasteiger charge is 1.98. The van der Waals surface area contributed by atoms with Crippen LogP contribution in [0.4, 0.5) is 11.4 Å². The largest absolute Gasteiger partial charge is 0.491 e. The smallest absolute Gasteiger partial charge is 0.119 e. The van der Waals surface area contributed by atoms with E-state index < -0.39 is 0 Å². The molecule has 118 valence electrons. The summed E-state index contributed by atoms with van der Waals surface area (Å²) < 4.78 is 5.63. The Balaban J connectivity index is 1.75. The van der Waals surface area contributed by atoms with Gasteiger partial charge in [-0.1, -0.05) is 6.07 Å². The molecule has 3 heteroatoms. The molecule has 0 saturated heterocycles. The molecule has 0 heterocycles. The predicted molar refractivity (Wildman–Crippen MR) is 95.1 cm³/mol. The molecule has 0 radical (unpaired) electrons. The van der Waals surface area contributed by atoms with Crippen LogP contribution in [0.25, 0.3) is 0 Å². The van der Waals surface area contributed by atoms with Crippen molar-refractivity contribution in [2.45, 2.75) is 33.8 Å². The molecular formula is C19H26N2O. The molecule has 0 aliphatic heterocycles. The number of anilines is 2. The van der Waals surface area contributed by atoms with Crippen LogP contribution < -0.4 is 15.4 Å². The molecule has 0 amide bonds. The number of rotatable bonds is 7. The first-order chi connectivity index (χ1) is 10.5. The Kier molecular flexibility index (Phi) is 5.70. The molecule has 0 atom stereocenters. The zero-order chi connectivity index (χ0) is 15.9. The summed E-state index contributed by atoms with van der Waals surface area (Å²) in [7, 11) is 0. The standard InChI is InChI=1S/C19H26N2O/c1-14(2)22-19-9-7-17(8-10-19)20-11-12-21-18-6-5-15(3)16(4)13-18/h5-10,13-14,20-21H,11-12H2,1-4H3. The Morgan fingerprint density at radius 2 is 1.41 bits per heavy atom. The summed E-state index contributed by atoms with van der Waals surface area (Å²) >= 11 is 0. The number of nitrogens with one attached hydrogen (secondary N) is 2. The van der Waals surface area contributed by atoms with Gasteiger partial charge in [0, 0.05) is 24.5 Å². The van der Waals surface area contributed by atoms with Crippen molar-refractivity contribution in [3.63, 3.8) is 0 Å². The number of hydrogen-bond donors (Lipinski definition) is 2. The lowest BCUT2D eigenvalue weighted by Crippen LogP contribution is -2.13. The highest BCUT2D eigenvalue weighted by atomic mass is 16.5. The monoisotopic (exact) mass is 298 g/mol. The lowest BCUT2D eigenvalue weighted by atomic mass is 10.1. The average molecular weight is 298 g/mol. The van der Waals surface area contributed by atoms with Crippen LogP contribution in [0.2, 0.25) is 0 Å². The molecule has 0 aliphatic carbocycles. The first kappa shape index (κ1) is 16.2. The summed E-state index contributed by atoms with van der Waals surface area (Å²) in [4.78, 5) is 0. The Labute approximate surface area is 133 Å². The first-order valence-electron chi connectivity index (χ1n) is 7.86. The molecular weight excluding hydrogens is 272 g/mol. The molecule has 0 spiro atoms. The summed E-state index contributed by atoms with van der Waals surface area (Å²) in [6.45, 7) is 10.1. The van der Waals surface area contributed by atoms with E-state index in [0.717, 1.165) is 24.5 Å². The molecule has 0 fully saturated rings. The zero-order valence-electron chi connectivity index (χ0n) is 13.9. The van der Waals surface area contributed by atoms with Crippen LogP contribution in [0.15, 0.2) is 42.5 Å². The van der Waals surface area contributed by atoms with Crippen molar-refractivity contribution in [1.82, 2.24) is 0 Å². The fourth-order valence-corrected chi connectivity index (χ4v) is 2.19. The molecule has 2 rings (SSSR count). The van der Waals surface area contributed by atoms with Crippen molar-refractivity contribution in [2.24, 2.45) is 0 Å². The van der Waals surface area contributed by atoms with E-state index >= 15 is 0 Å². The number of aryl methyl sites for hydroxylation is 2. The third-order valence-corrected chi connectivity index (χ3v) is 3.52. The summed E-state index contributed by atoms with van der Waals surface area (Å²) in [5.74, 6) is 0.911. The van der Waals surface area contributed by atoms with Crippen molar-refractivity contribution in [1.29, 1.82) is 0 Å². The van der Waals surface area contributed by atoms with Gasteiger partial charge in [-0.2, -0.15) is 0 Å². The summed E-state index contributed by atoms with van der Waals surface area (Å²) in [6.07, 6.45) is 0.209. The third kappa shape index (κ3) is 4.99. The van der Waals surface area contributed by atoms with Crippen LogP contribution in [0, 0.1) is 13.8 Å². The molecule has 0 aliphatic rings. The zero-order valence-corrected chi connectivity index (χ0v) is 13.9. The Bertz CT molecular complexity index is 591. The van der Waals surface area contributed by atoms with E-state index in [1.165, 1.54) is 16.8 Å². The maximum absolute atomic E-state index is 5.63. The second kappa shape index (κ2) is 7.74. The molecule has 0 saturated carbocycles. The van der Waals surface area contributed by atoms with E-state index in [9.17, 15) is 0 Å². The van der Waals surface area contributed by atoms with Gasteiger partial charge in [0.15, 0.2) is 0 Å². The molecule has 2 aromatic carbocycles. The SMILES string of the molecule is Cc1ccc(NCCNc2ccc(OC(C)C)cc2)cc1C. The minimum Gasteiger partial charge on any atom is -0.491 e. The molecule has 2 aromatic rings. The molecule has 0 bridgehead atoms. The van der Waals surface area contributed by atoms with Gasteiger partial charge in [0.25, 0.3) is 0 Å². The Morgan fingerprint density at radius 3 is 2.00 bits per heavy atom. The highest BCUT2D eigenvalue weighted by molar-refractivity contribution is 5.49. The van der Waals surface area contributed by atoms with Gasteiger partial charge in [-0.05, 0) is 75.2 Å². The van der Waals surface area contributed by atoms with Gasteiger partial charge in [0.05, 0.1) is 6.10 Å². The van der Waals surface area contributed by atoms with Gasteiger partial charge in [-0.3, -0.25) is 0 Å². The van der Waals surface area contributed by atoms with Crippen molar-refractivity contribution < 1.29 is 4.74 Å². The lowest BCUT2D eigenvalue weighted by molar-refractivity contribution is 0.242. The van der Waals surface area contributed by atoms with E-state index in [0.29, 0.717) is 0 Å². The van der Waals surface area contributed by atoms with Crippen molar-refractivity contribution >= 4 is 11.4 Å². The topological polar surface area (TPSA) is 33.3 Å². The van der Waals surface area contributed by atoms with Gasteiger partial charge in [-0.25, -0.2) is 0 Å². The number of hydrogen-bond acceptors (Lipinski definition) is 3. The fraction of sp³-hybridized carbons (Fsp3) is 0.368. The normalized spacial score (nSPS) is 10.6. The van der Waals surface area contributed by atoms with E-state index in [-0.39, 0.29) is 6.10 Å². The molecule has 3 nitrogen and oxygen atoms in total. The first-order valence-corrected chi connectivity index (χ1v) is 7.86. The Hall–Kier alpha value is -2.16. The number of ether oxygens (including phenoxy) is 1. The summed E-state index contributed by atoms with van der Waals surface area (Å²) in [5, 5.41) is 6.84. The van der Waals surface area contributed by atoms with Crippen LogP contribution in [0.5, 0.6) is 5.75 Å². The molecule has 22 heavy (non-hydrogen) atoms. The summed E-state index contributed by atoms with van der Waals surface area (Å²) in [6, 6.07) is 14.6. The van der Waals surface area contributed by atoms with Gasteiger partial charge in [0.2, 0.25) is 0 Å². The molecule has 0 unspecified atom stereocenters. The average Bonchev–Trinajstić information content (AvgIpc) is 2.48. The highest BCUT2D eigenvalue weighted by Crippen LogP contribution is 2.17. The predicted octanol–water partition coefficient (Wildman–Crippen LogP) is 4.61. The van der Waals surface area contributed by atoms with Gasteiger partial charge in [0.1, 0.15) is 5.75 Å². The second-order valence-corrected chi connectivity index (χ2v) is 5.84. The van der Waals surface area contributed by atoms with Crippen LogP contribution in [-0.2, 0) is 0 Å². The van der Waals surface area contributed by atoms with E-state index in [2.05, 4.69) is 42.7 Å². The molecule has 2 N–H and O–H groups in total. The van der Waals surface area contributed by atoms with Gasteiger partial charge in [-0.15, -0.1) is 0 Å². The lowest BCUT2D eigenvalue weighted by Gasteiger charge is -2.12. The van der Waals surface area contributed by atoms with Gasteiger partial charge >= 0.3 is 0 Å².